The molecule has 0 bridgehead atoms. The molecule has 7 heteroatoms. The zero-order chi connectivity index (χ0) is 13.1. The minimum absolute atomic E-state index is 0.00438. The average molecular weight is 248 g/mol. The maximum absolute atomic E-state index is 12.3. The number of hydrogen-bond acceptors (Lipinski definition) is 3. The van der Waals surface area contributed by atoms with Gasteiger partial charge in [-0.2, -0.15) is 13.2 Å². The molecule has 1 N–H and O–H groups in total. The van der Waals surface area contributed by atoms with E-state index < -0.39 is 18.7 Å². The van der Waals surface area contributed by atoms with E-state index in [1.165, 1.54) is 12.3 Å². The average Bonchev–Trinajstić information content (AvgIpc) is 2.25. The summed E-state index contributed by atoms with van der Waals surface area (Å²) in [5, 5.41) is 8.73. The van der Waals surface area contributed by atoms with Crippen molar-refractivity contribution in [1.29, 1.82) is 0 Å². The van der Waals surface area contributed by atoms with E-state index in [2.05, 4.69) is 4.98 Å². The maximum Gasteiger partial charge on any atom is 0.405 e. The molecule has 0 aromatic carbocycles. The number of hydrogen-bond donors (Lipinski definition) is 1. The molecule has 0 aliphatic heterocycles. The van der Waals surface area contributed by atoms with Gasteiger partial charge in [-0.15, -0.1) is 0 Å². The van der Waals surface area contributed by atoms with Gasteiger partial charge in [0.15, 0.2) is 0 Å². The number of aromatic carboxylic acids is 1. The van der Waals surface area contributed by atoms with Crippen molar-refractivity contribution in [1.82, 2.24) is 4.98 Å². The SMILES string of the molecule is CCN(CC(F)(F)F)c1cc(C(=O)O)ccn1. The van der Waals surface area contributed by atoms with Crippen LogP contribution in [0.15, 0.2) is 18.3 Å². The first-order chi connectivity index (χ1) is 7.83. The summed E-state index contributed by atoms with van der Waals surface area (Å²) in [6.45, 7) is 0.482. The van der Waals surface area contributed by atoms with Crippen LogP contribution in [0.25, 0.3) is 0 Å². The van der Waals surface area contributed by atoms with Crippen molar-refractivity contribution in [2.45, 2.75) is 13.1 Å². The number of nitrogens with zero attached hydrogens (tertiary/aromatic N) is 2. The molecule has 0 radical (unpaired) electrons. The summed E-state index contributed by atoms with van der Waals surface area (Å²) < 4.78 is 36.8. The molecule has 0 amide bonds. The van der Waals surface area contributed by atoms with E-state index in [-0.39, 0.29) is 17.9 Å². The second-order valence-electron chi connectivity index (χ2n) is 3.34. The smallest absolute Gasteiger partial charge is 0.405 e. The highest BCUT2D eigenvalue weighted by atomic mass is 19.4. The fourth-order valence-electron chi connectivity index (χ4n) is 1.30. The Hall–Kier alpha value is -1.79. The molecular weight excluding hydrogens is 237 g/mol. The van der Waals surface area contributed by atoms with E-state index in [9.17, 15) is 18.0 Å². The Labute approximate surface area is 95.7 Å². The Morgan fingerprint density at radius 2 is 2.18 bits per heavy atom. The number of rotatable bonds is 4. The quantitative estimate of drug-likeness (QED) is 0.887. The third-order valence-corrected chi connectivity index (χ3v) is 2.07. The lowest BCUT2D eigenvalue weighted by Crippen LogP contribution is -2.34. The summed E-state index contributed by atoms with van der Waals surface area (Å²) in [5.74, 6) is -1.19. The molecule has 0 aliphatic carbocycles. The van der Waals surface area contributed by atoms with Crippen LogP contribution in [0.2, 0.25) is 0 Å². The van der Waals surface area contributed by atoms with Gasteiger partial charge in [0.2, 0.25) is 0 Å². The highest BCUT2D eigenvalue weighted by Gasteiger charge is 2.30. The molecule has 0 aliphatic rings. The molecule has 1 rings (SSSR count). The molecule has 0 unspecified atom stereocenters. The first-order valence-electron chi connectivity index (χ1n) is 4.84. The fraction of sp³-hybridized carbons (Fsp3) is 0.400. The summed E-state index contributed by atoms with van der Waals surface area (Å²) in [5.41, 5.74) is -0.0874. The Balaban J connectivity index is 2.96. The number of halogens is 3. The summed E-state index contributed by atoms with van der Waals surface area (Å²) in [6.07, 6.45) is -3.17. The fourth-order valence-corrected chi connectivity index (χ4v) is 1.30. The zero-order valence-corrected chi connectivity index (χ0v) is 9.03. The predicted octanol–water partition coefficient (Wildman–Crippen LogP) is 2.17. The van der Waals surface area contributed by atoms with Gasteiger partial charge in [-0.1, -0.05) is 0 Å². The van der Waals surface area contributed by atoms with E-state index in [0.717, 1.165) is 11.0 Å². The van der Waals surface area contributed by atoms with Crippen molar-refractivity contribution in [3.63, 3.8) is 0 Å². The normalized spacial score (nSPS) is 11.3. The summed E-state index contributed by atoms with van der Waals surface area (Å²) in [4.78, 5) is 15.4. The van der Waals surface area contributed by atoms with Gasteiger partial charge >= 0.3 is 12.1 Å². The van der Waals surface area contributed by atoms with Crippen LogP contribution in [0.5, 0.6) is 0 Å². The van der Waals surface area contributed by atoms with Gasteiger partial charge in [-0.25, -0.2) is 9.78 Å². The molecule has 0 atom stereocenters. The lowest BCUT2D eigenvalue weighted by molar-refractivity contribution is -0.119. The number of alkyl halides is 3. The lowest BCUT2D eigenvalue weighted by Gasteiger charge is -2.23. The van der Waals surface area contributed by atoms with Crippen molar-refractivity contribution in [2.75, 3.05) is 18.0 Å². The largest absolute Gasteiger partial charge is 0.478 e. The van der Waals surface area contributed by atoms with Crippen molar-refractivity contribution in [3.8, 4) is 0 Å². The molecule has 17 heavy (non-hydrogen) atoms. The van der Waals surface area contributed by atoms with Crippen LogP contribution >= 0.6 is 0 Å². The van der Waals surface area contributed by atoms with Crippen molar-refractivity contribution < 1.29 is 23.1 Å². The molecule has 0 saturated carbocycles. The van der Waals surface area contributed by atoms with E-state index in [1.54, 1.807) is 6.92 Å². The Kier molecular flexibility index (Phi) is 3.93. The van der Waals surface area contributed by atoms with Crippen LogP contribution in [0.3, 0.4) is 0 Å². The molecule has 94 valence electrons. The van der Waals surface area contributed by atoms with E-state index >= 15 is 0 Å². The van der Waals surface area contributed by atoms with Gasteiger partial charge in [-0.3, -0.25) is 0 Å². The molecule has 0 fully saturated rings. The van der Waals surface area contributed by atoms with Crippen LogP contribution < -0.4 is 4.90 Å². The predicted molar refractivity (Wildman–Crippen MR) is 55.1 cm³/mol. The number of aromatic nitrogens is 1. The summed E-state index contributed by atoms with van der Waals surface area (Å²) >= 11 is 0. The molecule has 1 aromatic heterocycles. The van der Waals surface area contributed by atoms with Gasteiger partial charge in [0.25, 0.3) is 0 Å². The Morgan fingerprint density at radius 3 is 2.65 bits per heavy atom. The van der Waals surface area contributed by atoms with Crippen LogP contribution in [-0.2, 0) is 0 Å². The first kappa shape index (κ1) is 13.3. The summed E-state index contributed by atoms with van der Waals surface area (Å²) in [6, 6.07) is 2.35. The van der Waals surface area contributed by atoms with Gasteiger partial charge in [0.05, 0.1) is 5.56 Å². The summed E-state index contributed by atoms with van der Waals surface area (Å²) in [7, 11) is 0. The third kappa shape index (κ3) is 3.93. The molecule has 4 nitrogen and oxygen atoms in total. The van der Waals surface area contributed by atoms with Crippen LogP contribution in [0.1, 0.15) is 17.3 Å². The highest BCUT2D eigenvalue weighted by molar-refractivity contribution is 5.88. The van der Waals surface area contributed by atoms with E-state index in [0.29, 0.717) is 0 Å². The van der Waals surface area contributed by atoms with Crippen LogP contribution in [0.4, 0.5) is 19.0 Å². The van der Waals surface area contributed by atoms with Gasteiger partial charge in [-0.05, 0) is 19.1 Å². The second kappa shape index (κ2) is 5.03. The minimum Gasteiger partial charge on any atom is -0.478 e. The molecular formula is C10H11F3N2O2. The van der Waals surface area contributed by atoms with Gasteiger partial charge in [0, 0.05) is 12.7 Å². The molecule has 0 spiro atoms. The minimum atomic E-state index is -4.35. The number of anilines is 1. The van der Waals surface area contributed by atoms with E-state index in [1.807, 2.05) is 0 Å². The Bertz CT molecular complexity index is 407. The number of pyridine rings is 1. The monoisotopic (exact) mass is 248 g/mol. The topological polar surface area (TPSA) is 53.4 Å². The number of carbonyl (C=O) groups is 1. The van der Waals surface area contributed by atoms with Gasteiger partial charge in [0.1, 0.15) is 12.4 Å². The maximum atomic E-state index is 12.3. The van der Waals surface area contributed by atoms with Crippen LogP contribution in [-0.4, -0.2) is 35.3 Å². The third-order valence-electron chi connectivity index (χ3n) is 2.07. The first-order valence-corrected chi connectivity index (χ1v) is 4.84. The number of carboxylic acid groups (broad SMARTS) is 1. The molecule has 0 saturated heterocycles. The lowest BCUT2D eigenvalue weighted by atomic mass is 10.2. The Morgan fingerprint density at radius 1 is 1.53 bits per heavy atom. The zero-order valence-electron chi connectivity index (χ0n) is 9.03. The van der Waals surface area contributed by atoms with E-state index in [4.69, 9.17) is 5.11 Å². The number of carboxylic acids is 1. The molecule has 1 aromatic rings. The highest BCUT2D eigenvalue weighted by Crippen LogP contribution is 2.20. The second-order valence-corrected chi connectivity index (χ2v) is 3.34. The van der Waals surface area contributed by atoms with Crippen molar-refractivity contribution in [2.24, 2.45) is 0 Å². The molecule has 1 heterocycles. The van der Waals surface area contributed by atoms with Crippen molar-refractivity contribution in [3.05, 3.63) is 23.9 Å². The van der Waals surface area contributed by atoms with Crippen LogP contribution in [0, 0.1) is 0 Å². The van der Waals surface area contributed by atoms with Crippen molar-refractivity contribution >= 4 is 11.8 Å². The standard InChI is InChI=1S/C10H11F3N2O2/c1-2-15(6-10(11,12)13)8-5-7(9(16)17)3-4-14-8/h3-5H,2,6H2,1H3,(H,16,17). The van der Waals surface area contributed by atoms with Gasteiger partial charge < -0.3 is 10.0 Å².